The van der Waals surface area contributed by atoms with Crippen LogP contribution < -0.4 is 0 Å². The Morgan fingerprint density at radius 1 is 1.22 bits per heavy atom. The van der Waals surface area contributed by atoms with Crippen molar-refractivity contribution in [3.63, 3.8) is 0 Å². The third-order valence-electron chi connectivity index (χ3n) is 4.05. The molecule has 0 aliphatic heterocycles. The zero-order valence-corrected chi connectivity index (χ0v) is 15.8. The number of thioether (sulfide) groups is 1. The number of hydrogen-bond donors (Lipinski definition) is 0. The number of Topliss-reactive ketones (excluding diaryl/α,β-unsaturated/α-hetero) is 2. The van der Waals surface area contributed by atoms with E-state index in [0.29, 0.717) is 36.8 Å². The van der Waals surface area contributed by atoms with E-state index < -0.39 is 5.92 Å². The summed E-state index contributed by atoms with van der Waals surface area (Å²) in [6, 6.07) is 0. The molecule has 1 fully saturated rings. The molecule has 5 heteroatoms. The molecule has 0 radical (unpaired) electrons. The van der Waals surface area contributed by atoms with Crippen LogP contribution in [0.2, 0.25) is 0 Å². The van der Waals surface area contributed by atoms with Crippen LogP contribution >= 0.6 is 11.8 Å². The monoisotopic (exact) mass is 341 g/mol. The summed E-state index contributed by atoms with van der Waals surface area (Å²) in [5.41, 5.74) is 0.621. The third kappa shape index (κ3) is 6.66. The van der Waals surface area contributed by atoms with Crippen LogP contribution in [0.4, 0.5) is 0 Å². The third-order valence-corrected chi connectivity index (χ3v) is 5.45. The SMILES string of the molecule is CCCSC(C)CC1CC(=O)C(C(CCC)=NOCC)C(=O)C1. The van der Waals surface area contributed by atoms with Gasteiger partial charge in [0, 0.05) is 18.1 Å². The molecule has 1 rings (SSSR count). The largest absolute Gasteiger partial charge is 0.396 e. The van der Waals surface area contributed by atoms with Gasteiger partial charge in [-0.3, -0.25) is 9.59 Å². The fourth-order valence-corrected chi connectivity index (χ4v) is 4.14. The van der Waals surface area contributed by atoms with Gasteiger partial charge < -0.3 is 4.84 Å². The number of carbonyl (C=O) groups is 2. The molecular formula is C18H31NO3S. The van der Waals surface area contributed by atoms with E-state index in [9.17, 15) is 9.59 Å². The Bertz CT molecular complexity index is 404. The summed E-state index contributed by atoms with van der Waals surface area (Å²) in [4.78, 5) is 30.2. The molecule has 0 aromatic rings. The van der Waals surface area contributed by atoms with E-state index in [0.717, 1.165) is 25.0 Å². The summed E-state index contributed by atoms with van der Waals surface area (Å²) in [6.45, 7) is 8.69. The number of nitrogens with zero attached hydrogens (tertiary/aromatic N) is 1. The van der Waals surface area contributed by atoms with Crippen molar-refractivity contribution in [2.75, 3.05) is 12.4 Å². The fourth-order valence-electron chi connectivity index (χ4n) is 3.10. The molecule has 0 N–H and O–H groups in total. The zero-order valence-electron chi connectivity index (χ0n) is 15.0. The van der Waals surface area contributed by atoms with Crippen LogP contribution in [0, 0.1) is 11.8 Å². The average Bonchev–Trinajstić information content (AvgIpc) is 2.49. The highest BCUT2D eigenvalue weighted by atomic mass is 32.2. The van der Waals surface area contributed by atoms with Crippen molar-refractivity contribution in [3.05, 3.63) is 0 Å². The number of oxime groups is 1. The molecule has 0 bridgehead atoms. The first kappa shape index (κ1) is 20.2. The maximum atomic E-state index is 12.5. The fraction of sp³-hybridized carbons (Fsp3) is 0.833. The molecule has 0 aromatic heterocycles. The first-order chi connectivity index (χ1) is 11.0. The van der Waals surface area contributed by atoms with Gasteiger partial charge in [0.05, 0.1) is 5.71 Å². The molecule has 4 nitrogen and oxygen atoms in total. The van der Waals surface area contributed by atoms with Crippen molar-refractivity contribution in [2.24, 2.45) is 17.0 Å². The van der Waals surface area contributed by atoms with E-state index in [-0.39, 0.29) is 17.5 Å². The Morgan fingerprint density at radius 2 is 1.87 bits per heavy atom. The average molecular weight is 342 g/mol. The van der Waals surface area contributed by atoms with Crippen LogP contribution in [0.1, 0.15) is 66.2 Å². The lowest BCUT2D eigenvalue weighted by Gasteiger charge is -2.28. The van der Waals surface area contributed by atoms with E-state index in [2.05, 4.69) is 19.0 Å². The Hall–Kier alpha value is -0.840. The Labute approximate surface area is 144 Å². The Kier molecular flexibility index (Phi) is 9.53. The van der Waals surface area contributed by atoms with Crippen molar-refractivity contribution in [2.45, 2.75) is 71.5 Å². The number of carbonyl (C=O) groups excluding carboxylic acids is 2. The molecule has 1 saturated carbocycles. The van der Waals surface area contributed by atoms with Gasteiger partial charge in [-0.25, -0.2) is 0 Å². The summed E-state index contributed by atoms with van der Waals surface area (Å²) >= 11 is 1.93. The molecule has 0 amide bonds. The van der Waals surface area contributed by atoms with Gasteiger partial charge in [-0.1, -0.05) is 32.3 Å². The quantitative estimate of drug-likeness (QED) is 0.338. The van der Waals surface area contributed by atoms with Crippen LogP contribution in [0.5, 0.6) is 0 Å². The standard InChI is InChI=1S/C18H31NO3S/c1-5-8-15(19-22-7-3)18-16(20)11-14(12-17(18)21)10-13(4)23-9-6-2/h13-14,18H,5-12H2,1-4H3. The molecule has 1 unspecified atom stereocenters. The lowest BCUT2D eigenvalue weighted by molar-refractivity contribution is -0.134. The second-order valence-electron chi connectivity index (χ2n) is 6.31. The van der Waals surface area contributed by atoms with Crippen LogP contribution in [-0.2, 0) is 14.4 Å². The number of hydrogen-bond acceptors (Lipinski definition) is 5. The van der Waals surface area contributed by atoms with Gasteiger partial charge in [-0.15, -0.1) is 0 Å². The number of rotatable bonds is 10. The van der Waals surface area contributed by atoms with Gasteiger partial charge >= 0.3 is 0 Å². The first-order valence-electron chi connectivity index (χ1n) is 8.89. The highest BCUT2D eigenvalue weighted by Gasteiger charge is 2.38. The van der Waals surface area contributed by atoms with Gasteiger partial charge in [0.25, 0.3) is 0 Å². The molecule has 132 valence electrons. The molecule has 1 aliphatic rings. The highest BCUT2D eigenvalue weighted by molar-refractivity contribution is 7.99. The van der Waals surface area contributed by atoms with Gasteiger partial charge in [0.2, 0.25) is 0 Å². The summed E-state index contributed by atoms with van der Waals surface area (Å²) in [5, 5.41) is 4.56. The minimum Gasteiger partial charge on any atom is -0.396 e. The minimum atomic E-state index is -0.656. The Morgan fingerprint density at radius 3 is 2.39 bits per heavy atom. The normalized spacial score (nSPS) is 23.9. The van der Waals surface area contributed by atoms with Gasteiger partial charge in [0.15, 0.2) is 0 Å². The van der Waals surface area contributed by atoms with E-state index in [1.807, 2.05) is 25.6 Å². The van der Waals surface area contributed by atoms with Gasteiger partial charge in [-0.05, 0) is 37.9 Å². The zero-order chi connectivity index (χ0) is 17.2. The smallest absolute Gasteiger partial charge is 0.149 e. The molecule has 0 spiro atoms. The maximum absolute atomic E-state index is 12.5. The van der Waals surface area contributed by atoms with Crippen LogP contribution in [0.15, 0.2) is 5.16 Å². The van der Waals surface area contributed by atoms with E-state index in [1.165, 1.54) is 0 Å². The van der Waals surface area contributed by atoms with Crippen LogP contribution in [0.3, 0.4) is 0 Å². The maximum Gasteiger partial charge on any atom is 0.149 e. The van der Waals surface area contributed by atoms with Crippen molar-refractivity contribution < 1.29 is 14.4 Å². The second-order valence-corrected chi connectivity index (χ2v) is 7.85. The van der Waals surface area contributed by atoms with Gasteiger partial charge in [-0.2, -0.15) is 11.8 Å². The molecule has 1 aliphatic carbocycles. The topological polar surface area (TPSA) is 55.7 Å². The summed E-state index contributed by atoms with van der Waals surface area (Å²) in [6.07, 6.45) is 4.62. The predicted molar refractivity (Wildman–Crippen MR) is 97.0 cm³/mol. The Balaban J connectivity index is 2.68. The molecule has 0 aromatic carbocycles. The number of ketones is 2. The lowest BCUT2D eigenvalue weighted by Crippen LogP contribution is -2.39. The van der Waals surface area contributed by atoms with E-state index >= 15 is 0 Å². The highest BCUT2D eigenvalue weighted by Crippen LogP contribution is 2.31. The van der Waals surface area contributed by atoms with Gasteiger partial charge in [0.1, 0.15) is 24.1 Å². The predicted octanol–water partition coefficient (Wildman–Crippen LogP) is 4.27. The van der Waals surface area contributed by atoms with Crippen LogP contribution in [0.25, 0.3) is 0 Å². The minimum absolute atomic E-state index is 0.0332. The lowest BCUT2D eigenvalue weighted by atomic mass is 9.75. The van der Waals surface area contributed by atoms with E-state index in [4.69, 9.17) is 4.84 Å². The molecule has 23 heavy (non-hydrogen) atoms. The molecular weight excluding hydrogens is 310 g/mol. The van der Waals surface area contributed by atoms with Crippen molar-refractivity contribution >= 4 is 29.0 Å². The van der Waals surface area contributed by atoms with Crippen molar-refractivity contribution in [1.29, 1.82) is 0 Å². The summed E-state index contributed by atoms with van der Waals surface area (Å²) < 4.78 is 0. The summed E-state index contributed by atoms with van der Waals surface area (Å²) in [5.74, 6) is 0.744. The molecule has 1 atom stereocenters. The van der Waals surface area contributed by atoms with Crippen molar-refractivity contribution in [3.8, 4) is 0 Å². The van der Waals surface area contributed by atoms with Crippen molar-refractivity contribution in [1.82, 2.24) is 0 Å². The molecule has 0 saturated heterocycles. The molecule has 0 heterocycles. The van der Waals surface area contributed by atoms with E-state index in [1.54, 1.807) is 0 Å². The first-order valence-corrected chi connectivity index (χ1v) is 9.93. The second kappa shape index (κ2) is 10.8. The van der Waals surface area contributed by atoms with Crippen LogP contribution in [-0.4, -0.2) is 34.9 Å². The summed E-state index contributed by atoms with van der Waals surface area (Å²) in [7, 11) is 0.